The molecule has 0 bridgehead atoms. The summed E-state index contributed by atoms with van der Waals surface area (Å²) in [5.41, 5.74) is 2.04. The van der Waals surface area contributed by atoms with Gasteiger partial charge in [-0.2, -0.15) is 0 Å². The molecule has 112 valence electrons. The van der Waals surface area contributed by atoms with Crippen LogP contribution in [0.15, 0.2) is 18.2 Å². The Balaban J connectivity index is 2.65. The van der Waals surface area contributed by atoms with Crippen molar-refractivity contribution in [3.63, 3.8) is 0 Å². The zero-order valence-corrected chi connectivity index (χ0v) is 13.3. The van der Waals surface area contributed by atoms with Crippen LogP contribution in [0.5, 0.6) is 5.75 Å². The van der Waals surface area contributed by atoms with Crippen molar-refractivity contribution in [2.75, 3.05) is 13.7 Å². The molecule has 0 fully saturated rings. The van der Waals surface area contributed by atoms with Crippen LogP contribution in [-0.2, 0) is 4.79 Å². The average Bonchev–Trinajstić information content (AvgIpc) is 2.33. The van der Waals surface area contributed by atoms with Crippen molar-refractivity contribution in [2.45, 2.75) is 46.2 Å². The number of nitrogens with one attached hydrogen (secondary N) is 2. The van der Waals surface area contributed by atoms with Gasteiger partial charge in [0.25, 0.3) is 0 Å². The quantitative estimate of drug-likeness (QED) is 0.870. The standard InChI is InChI=1S/C16H26N2O2/c1-11-7-8-14(20-6)13(9-11)12(2)17-10-15(19)18-16(3,4)5/h7-9,12,17H,10H2,1-6H3,(H,18,19). The number of benzene rings is 1. The lowest BCUT2D eigenvalue weighted by Gasteiger charge is -2.22. The maximum absolute atomic E-state index is 11.8. The van der Waals surface area contributed by atoms with Crippen LogP contribution >= 0.6 is 0 Å². The van der Waals surface area contributed by atoms with Crippen LogP contribution in [0.4, 0.5) is 0 Å². The SMILES string of the molecule is COc1ccc(C)cc1C(C)NCC(=O)NC(C)(C)C. The summed E-state index contributed by atoms with van der Waals surface area (Å²) >= 11 is 0. The molecule has 1 rings (SSSR count). The van der Waals surface area contributed by atoms with E-state index in [2.05, 4.69) is 16.7 Å². The van der Waals surface area contributed by atoms with E-state index < -0.39 is 0 Å². The normalized spacial score (nSPS) is 12.9. The Morgan fingerprint density at radius 2 is 2.00 bits per heavy atom. The van der Waals surface area contributed by atoms with Crippen LogP contribution in [-0.4, -0.2) is 25.1 Å². The molecule has 0 saturated heterocycles. The molecule has 0 aromatic heterocycles. The first-order chi connectivity index (χ1) is 9.23. The first-order valence-corrected chi connectivity index (χ1v) is 6.92. The maximum atomic E-state index is 11.8. The van der Waals surface area contributed by atoms with Crippen LogP contribution in [0.25, 0.3) is 0 Å². The van der Waals surface area contributed by atoms with Gasteiger partial charge in [0, 0.05) is 17.1 Å². The van der Waals surface area contributed by atoms with Gasteiger partial charge in [-0.3, -0.25) is 4.79 Å². The largest absolute Gasteiger partial charge is 0.496 e. The summed E-state index contributed by atoms with van der Waals surface area (Å²) in [5.74, 6) is 0.836. The highest BCUT2D eigenvalue weighted by molar-refractivity contribution is 5.78. The number of ether oxygens (including phenoxy) is 1. The van der Waals surface area contributed by atoms with Crippen molar-refractivity contribution in [3.05, 3.63) is 29.3 Å². The number of hydrogen-bond acceptors (Lipinski definition) is 3. The summed E-state index contributed by atoms with van der Waals surface area (Å²) in [5, 5.41) is 6.16. The van der Waals surface area contributed by atoms with Gasteiger partial charge >= 0.3 is 0 Å². The molecular weight excluding hydrogens is 252 g/mol. The van der Waals surface area contributed by atoms with Crippen molar-refractivity contribution in [1.29, 1.82) is 0 Å². The van der Waals surface area contributed by atoms with Gasteiger partial charge in [0.05, 0.1) is 13.7 Å². The predicted octanol–water partition coefficient (Wildman–Crippen LogP) is 2.57. The molecule has 0 saturated carbocycles. The first kappa shape index (κ1) is 16.5. The lowest BCUT2D eigenvalue weighted by atomic mass is 10.0. The Labute approximate surface area is 121 Å². The summed E-state index contributed by atoms with van der Waals surface area (Å²) in [7, 11) is 1.66. The van der Waals surface area contributed by atoms with Gasteiger partial charge in [-0.25, -0.2) is 0 Å². The lowest BCUT2D eigenvalue weighted by Crippen LogP contribution is -2.45. The number of aryl methyl sites for hydroxylation is 1. The molecule has 1 amide bonds. The number of amides is 1. The van der Waals surface area contributed by atoms with Crippen molar-refractivity contribution in [2.24, 2.45) is 0 Å². The van der Waals surface area contributed by atoms with Gasteiger partial charge in [-0.1, -0.05) is 17.7 Å². The Hall–Kier alpha value is -1.55. The van der Waals surface area contributed by atoms with Crippen LogP contribution in [0, 0.1) is 6.92 Å². The second-order valence-corrected chi connectivity index (χ2v) is 6.15. The van der Waals surface area contributed by atoms with E-state index in [9.17, 15) is 4.79 Å². The molecule has 1 atom stereocenters. The monoisotopic (exact) mass is 278 g/mol. The van der Waals surface area contributed by atoms with Crippen molar-refractivity contribution in [3.8, 4) is 5.75 Å². The molecule has 0 spiro atoms. The molecule has 2 N–H and O–H groups in total. The Kier molecular flexibility index (Phi) is 5.57. The summed E-state index contributed by atoms with van der Waals surface area (Å²) < 4.78 is 5.37. The fourth-order valence-corrected chi connectivity index (χ4v) is 2.01. The van der Waals surface area contributed by atoms with E-state index in [1.807, 2.05) is 46.8 Å². The Morgan fingerprint density at radius 3 is 2.55 bits per heavy atom. The molecule has 0 heterocycles. The predicted molar refractivity (Wildman–Crippen MR) is 82.0 cm³/mol. The average molecular weight is 278 g/mol. The molecule has 0 radical (unpaired) electrons. The minimum atomic E-state index is -0.205. The van der Waals surface area contributed by atoms with Crippen LogP contribution < -0.4 is 15.4 Å². The number of carbonyl (C=O) groups excluding carboxylic acids is 1. The maximum Gasteiger partial charge on any atom is 0.234 e. The van der Waals surface area contributed by atoms with E-state index in [1.165, 1.54) is 5.56 Å². The smallest absolute Gasteiger partial charge is 0.234 e. The highest BCUT2D eigenvalue weighted by atomic mass is 16.5. The van der Waals surface area contributed by atoms with E-state index in [1.54, 1.807) is 7.11 Å². The van der Waals surface area contributed by atoms with Crippen molar-refractivity contribution in [1.82, 2.24) is 10.6 Å². The number of hydrogen-bond donors (Lipinski definition) is 2. The number of methoxy groups -OCH3 is 1. The van der Waals surface area contributed by atoms with Crippen molar-refractivity contribution >= 4 is 5.91 Å². The van der Waals surface area contributed by atoms with Gasteiger partial charge in [0.2, 0.25) is 5.91 Å². The summed E-state index contributed by atoms with van der Waals surface area (Å²) in [6, 6.07) is 6.10. The molecule has 1 aromatic rings. The second kappa shape index (κ2) is 6.75. The van der Waals surface area contributed by atoms with Crippen LogP contribution in [0.3, 0.4) is 0 Å². The zero-order chi connectivity index (χ0) is 15.3. The number of rotatable bonds is 5. The third-order valence-corrected chi connectivity index (χ3v) is 2.93. The molecular formula is C16H26N2O2. The number of carbonyl (C=O) groups is 1. The Morgan fingerprint density at radius 1 is 1.35 bits per heavy atom. The molecule has 1 aromatic carbocycles. The third kappa shape index (κ3) is 5.21. The minimum absolute atomic E-state index is 0.00373. The molecule has 4 heteroatoms. The fourth-order valence-electron chi connectivity index (χ4n) is 2.01. The third-order valence-electron chi connectivity index (χ3n) is 2.93. The summed E-state index contributed by atoms with van der Waals surface area (Å²) in [6.45, 7) is 10.3. The second-order valence-electron chi connectivity index (χ2n) is 6.15. The van der Waals surface area contributed by atoms with Gasteiger partial charge in [-0.15, -0.1) is 0 Å². The first-order valence-electron chi connectivity index (χ1n) is 6.92. The van der Waals surface area contributed by atoms with E-state index in [0.29, 0.717) is 0 Å². The van der Waals surface area contributed by atoms with E-state index >= 15 is 0 Å². The minimum Gasteiger partial charge on any atom is -0.496 e. The molecule has 4 nitrogen and oxygen atoms in total. The molecule has 0 aliphatic carbocycles. The van der Waals surface area contributed by atoms with Gasteiger partial charge in [0.1, 0.15) is 5.75 Å². The fraction of sp³-hybridized carbons (Fsp3) is 0.562. The molecule has 20 heavy (non-hydrogen) atoms. The van der Waals surface area contributed by atoms with Crippen LogP contribution in [0.2, 0.25) is 0 Å². The molecule has 0 aliphatic rings. The van der Waals surface area contributed by atoms with Crippen molar-refractivity contribution < 1.29 is 9.53 Å². The summed E-state index contributed by atoms with van der Waals surface area (Å²) in [4.78, 5) is 11.8. The highest BCUT2D eigenvalue weighted by Gasteiger charge is 2.16. The van der Waals surface area contributed by atoms with Gasteiger partial charge < -0.3 is 15.4 Å². The Bertz CT molecular complexity index is 464. The summed E-state index contributed by atoms with van der Waals surface area (Å²) in [6.07, 6.45) is 0. The highest BCUT2D eigenvalue weighted by Crippen LogP contribution is 2.25. The topological polar surface area (TPSA) is 50.4 Å². The van der Waals surface area contributed by atoms with Crippen LogP contribution in [0.1, 0.15) is 44.9 Å². The van der Waals surface area contributed by atoms with Gasteiger partial charge in [-0.05, 0) is 40.7 Å². The lowest BCUT2D eigenvalue weighted by molar-refractivity contribution is -0.121. The zero-order valence-electron chi connectivity index (χ0n) is 13.3. The van der Waals surface area contributed by atoms with Gasteiger partial charge in [0.15, 0.2) is 0 Å². The molecule has 1 unspecified atom stereocenters. The van der Waals surface area contributed by atoms with E-state index in [0.717, 1.165) is 11.3 Å². The molecule has 0 aliphatic heterocycles. The van der Waals surface area contributed by atoms with E-state index in [-0.39, 0.29) is 24.0 Å². The van der Waals surface area contributed by atoms with E-state index in [4.69, 9.17) is 4.74 Å².